The third-order valence-corrected chi connectivity index (χ3v) is 3.41. The van der Waals surface area contributed by atoms with Crippen LogP contribution in [-0.4, -0.2) is 4.92 Å². The number of nitro benzene ring substituents is 1. The fraction of sp³-hybridized carbons (Fsp3) is 0.0769. The second kappa shape index (κ2) is 6.43. The summed E-state index contributed by atoms with van der Waals surface area (Å²) in [4.78, 5) is 10.4. The average molecular weight is 376 g/mol. The van der Waals surface area contributed by atoms with Gasteiger partial charge in [-0.05, 0) is 29.8 Å². The monoisotopic (exact) mass is 374 g/mol. The minimum Gasteiger partial charge on any atom is -0.381 e. The highest BCUT2D eigenvalue weighted by Gasteiger charge is 2.08. The van der Waals surface area contributed by atoms with Crippen LogP contribution in [0.15, 0.2) is 40.9 Å². The van der Waals surface area contributed by atoms with E-state index in [1.807, 2.05) is 6.07 Å². The number of hydrogen-bond acceptors (Lipinski definition) is 3. The van der Waals surface area contributed by atoms with E-state index in [4.69, 9.17) is 23.2 Å². The third kappa shape index (κ3) is 4.10. The van der Waals surface area contributed by atoms with Crippen molar-refractivity contribution in [2.45, 2.75) is 6.54 Å². The minimum atomic E-state index is -0.426. The zero-order valence-electron chi connectivity index (χ0n) is 10.1. The van der Waals surface area contributed by atoms with Crippen molar-refractivity contribution in [2.24, 2.45) is 0 Å². The highest BCUT2D eigenvalue weighted by Crippen LogP contribution is 2.25. The summed E-state index contributed by atoms with van der Waals surface area (Å²) in [5.41, 5.74) is 1.58. The zero-order chi connectivity index (χ0) is 14.7. The molecule has 0 saturated carbocycles. The molecule has 0 heterocycles. The Hall–Kier alpha value is -1.30. The first-order chi connectivity index (χ1) is 9.44. The van der Waals surface area contributed by atoms with Crippen molar-refractivity contribution in [2.75, 3.05) is 5.32 Å². The van der Waals surface area contributed by atoms with E-state index in [0.29, 0.717) is 21.1 Å². The van der Waals surface area contributed by atoms with Crippen molar-refractivity contribution in [3.05, 3.63) is 66.6 Å². The van der Waals surface area contributed by atoms with Gasteiger partial charge in [-0.1, -0.05) is 39.1 Å². The van der Waals surface area contributed by atoms with Crippen molar-refractivity contribution in [1.29, 1.82) is 0 Å². The van der Waals surface area contributed by atoms with Gasteiger partial charge in [0.2, 0.25) is 0 Å². The molecule has 0 saturated heterocycles. The summed E-state index contributed by atoms with van der Waals surface area (Å²) in [6.07, 6.45) is 0. The normalized spacial score (nSPS) is 10.3. The van der Waals surface area contributed by atoms with Gasteiger partial charge in [0.15, 0.2) is 0 Å². The molecular weight excluding hydrogens is 367 g/mol. The number of anilines is 1. The van der Waals surface area contributed by atoms with Crippen LogP contribution < -0.4 is 5.32 Å². The second-order valence-electron chi connectivity index (χ2n) is 4.09. The largest absolute Gasteiger partial charge is 0.381 e. The molecule has 0 amide bonds. The molecule has 2 aromatic carbocycles. The number of benzene rings is 2. The molecule has 1 N–H and O–H groups in total. The van der Waals surface area contributed by atoms with Crippen molar-refractivity contribution in [3.8, 4) is 0 Å². The Bertz CT molecular complexity index is 645. The van der Waals surface area contributed by atoms with Gasteiger partial charge >= 0.3 is 0 Å². The van der Waals surface area contributed by atoms with Gasteiger partial charge < -0.3 is 5.32 Å². The number of halogens is 3. The molecule has 0 radical (unpaired) electrons. The molecule has 0 atom stereocenters. The van der Waals surface area contributed by atoms with Crippen LogP contribution in [0.5, 0.6) is 0 Å². The van der Waals surface area contributed by atoms with Crippen LogP contribution in [-0.2, 0) is 6.54 Å². The number of nitro groups is 1. The summed E-state index contributed by atoms with van der Waals surface area (Å²) in [6, 6.07) is 9.90. The molecule has 0 aromatic heterocycles. The molecule has 4 nitrogen and oxygen atoms in total. The Morgan fingerprint density at radius 1 is 1.10 bits per heavy atom. The fourth-order valence-electron chi connectivity index (χ4n) is 1.70. The number of rotatable bonds is 4. The molecule has 0 bridgehead atoms. The van der Waals surface area contributed by atoms with E-state index in [-0.39, 0.29) is 5.69 Å². The standard InChI is InChI=1S/C13H9BrCl2N2O2/c14-9-1-8(2-13(3-9)18(19)20)7-17-12-5-10(15)4-11(16)6-12/h1-6,17H,7H2. The maximum absolute atomic E-state index is 10.8. The van der Waals surface area contributed by atoms with Gasteiger partial charge in [-0.3, -0.25) is 10.1 Å². The van der Waals surface area contributed by atoms with Crippen molar-refractivity contribution < 1.29 is 4.92 Å². The Labute approximate surface area is 134 Å². The van der Waals surface area contributed by atoms with E-state index in [9.17, 15) is 10.1 Å². The molecule has 0 aliphatic rings. The van der Waals surface area contributed by atoms with Gasteiger partial charge in [-0.2, -0.15) is 0 Å². The Balaban J connectivity index is 2.16. The molecule has 0 unspecified atom stereocenters. The molecule has 0 aliphatic carbocycles. The lowest BCUT2D eigenvalue weighted by molar-refractivity contribution is -0.385. The number of non-ortho nitro benzene ring substituents is 1. The van der Waals surface area contributed by atoms with E-state index in [2.05, 4.69) is 21.2 Å². The van der Waals surface area contributed by atoms with Gasteiger partial charge in [0.1, 0.15) is 0 Å². The maximum Gasteiger partial charge on any atom is 0.270 e. The van der Waals surface area contributed by atoms with E-state index < -0.39 is 4.92 Å². The lowest BCUT2D eigenvalue weighted by Gasteiger charge is -2.08. The molecule has 0 spiro atoms. The zero-order valence-corrected chi connectivity index (χ0v) is 13.2. The summed E-state index contributed by atoms with van der Waals surface area (Å²) in [5.74, 6) is 0. The molecular formula is C13H9BrCl2N2O2. The molecule has 0 aliphatic heterocycles. The molecule has 20 heavy (non-hydrogen) atoms. The summed E-state index contributed by atoms with van der Waals surface area (Å²) in [5, 5.41) is 15.0. The van der Waals surface area contributed by atoms with E-state index >= 15 is 0 Å². The third-order valence-electron chi connectivity index (χ3n) is 2.51. The summed E-state index contributed by atoms with van der Waals surface area (Å²) in [7, 11) is 0. The minimum absolute atomic E-state index is 0.0419. The molecule has 7 heteroatoms. The van der Waals surface area contributed by atoms with Crippen LogP contribution in [0.3, 0.4) is 0 Å². The number of nitrogens with zero attached hydrogens (tertiary/aromatic N) is 1. The van der Waals surface area contributed by atoms with Crippen LogP contribution in [0.4, 0.5) is 11.4 Å². The predicted octanol–water partition coefficient (Wildman–Crippen LogP) is 5.28. The average Bonchev–Trinajstić information content (AvgIpc) is 2.34. The molecule has 2 rings (SSSR count). The Morgan fingerprint density at radius 2 is 1.75 bits per heavy atom. The van der Waals surface area contributed by atoms with Crippen LogP contribution in [0, 0.1) is 10.1 Å². The van der Waals surface area contributed by atoms with Gasteiger partial charge in [-0.15, -0.1) is 0 Å². The smallest absolute Gasteiger partial charge is 0.270 e. The molecule has 104 valence electrons. The molecule has 0 fully saturated rings. The fourth-order valence-corrected chi connectivity index (χ4v) is 2.76. The summed E-state index contributed by atoms with van der Waals surface area (Å²) < 4.78 is 0.660. The topological polar surface area (TPSA) is 55.2 Å². The van der Waals surface area contributed by atoms with Gasteiger partial charge in [0, 0.05) is 38.9 Å². The first-order valence-electron chi connectivity index (χ1n) is 5.58. The van der Waals surface area contributed by atoms with Crippen molar-refractivity contribution in [1.82, 2.24) is 0 Å². The quantitative estimate of drug-likeness (QED) is 0.584. The molecule has 2 aromatic rings. The highest BCUT2D eigenvalue weighted by atomic mass is 79.9. The maximum atomic E-state index is 10.8. The van der Waals surface area contributed by atoms with Gasteiger partial charge in [-0.25, -0.2) is 0 Å². The first-order valence-corrected chi connectivity index (χ1v) is 7.13. The van der Waals surface area contributed by atoms with Gasteiger partial charge in [0.05, 0.1) is 4.92 Å². The lowest BCUT2D eigenvalue weighted by atomic mass is 10.2. The van der Waals surface area contributed by atoms with Crippen molar-refractivity contribution >= 4 is 50.5 Å². The Kier molecular flexibility index (Phi) is 4.86. The van der Waals surface area contributed by atoms with E-state index in [1.54, 1.807) is 18.2 Å². The predicted molar refractivity (Wildman–Crippen MR) is 84.6 cm³/mol. The van der Waals surface area contributed by atoms with Crippen LogP contribution in [0.1, 0.15) is 5.56 Å². The summed E-state index contributed by atoms with van der Waals surface area (Å²) in [6.45, 7) is 0.428. The van der Waals surface area contributed by atoms with Crippen LogP contribution >= 0.6 is 39.1 Å². The van der Waals surface area contributed by atoms with Gasteiger partial charge in [0.25, 0.3) is 5.69 Å². The van der Waals surface area contributed by atoms with Crippen LogP contribution in [0.2, 0.25) is 10.0 Å². The number of nitrogens with one attached hydrogen (secondary N) is 1. The van der Waals surface area contributed by atoms with E-state index in [0.717, 1.165) is 11.3 Å². The van der Waals surface area contributed by atoms with Crippen LogP contribution in [0.25, 0.3) is 0 Å². The SMILES string of the molecule is O=[N+]([O-])c1cc(Br)cc(CNc2cc(Cl)cc(Cl)c2)c1. The highest BCUT2D eigenvalue weighted by molar-refractivity contribution is 9.10. The van der Waals surface area contributed by atoms with E-state index in [1.165, 1.54) is 12.1 Å². The first kappa shape index (κ1) is 15.1. The summed E-state index contributed by atoms with van der Waals surface area (Å²) >= 11 is 15.1. The second-order valence-corrected chi connectivity index (χ2v) is 5.88. The lowest BCUT2D eigenvalue weighted by Crippen LogP contribution is -2.00. The van der Waals surface area contributed by atoms with Crippen molar-refractivity contribution in [3.63, 3.8) is 0 Å². The number of hydrogen-bond donors (Lipinski definition) is 1. The Morgan fingerprint density at radius 3 is 2.35 bits per heavy atom.